The molecule has 0 aliphatic rings. The maximum Gasteiger partial charge on any atom is 0.271 e. The van der Waals surface area contributed by atoms with Gasteiger partial charge in [0.15, 0.2) is 0 Å². The Morgan fingerprint density at radius 2 is 2.00 bits per heavy atom. The zero-order valence-corrected chi connectivity index (χ0v) is 11.3. The molecule has 1 atom stereocenters. The van der Waals surface area contributed by atoms with Crippen LogP contribution >= 0.6 is 0 Å². The lowest BCUT2D eigenvalue weighted by Crippen LogP contribution is -2.27. The second-order valence-electron chi connectivity index (χ2n) is 4.63. The molecule has 1 heterocycles. The monoisotopic (exact) mass is 255 g/mol. The van der Waals surface area contributed by atoms with Crippen LogP contribution in [0.3, 0.4) is 0 Å². The molecule has 2 rings (SSSR count). The van der Waals surface area contributed by atoms with Crippen LogP contribution in [0, 0.1) is 13.8 Å². The van der Waals surface area contributed by atoms with Crippen LogP contribution in [0.15, 0.2) is 36.8 Å². The first-order chi connectivity index (χ1) is 9.08. The molecule has 0 unspecified atom stereocenters. The van der Waals surface area contributed by atoms with Crippen molar-refractivity contribution in [2.24, 2.45) is 0 Å². The van der Waals surface area contributed by atoms with Gasteiger partial charge in [-0.25, -0.2) is 4.98 Å². The average Bonchev–Trinajstić information content (AvgIpc) is 2.42. The lowest BCUT2D eigenvalue weighted by atomic mass is 10.0. The summed E-state index contributed by atoms with van der Waals surface area (Å²) in [6.45, 7) is 6.09. The van der Waals surface area contributed by atoms with Gasteiger partial charge in [0, 0.05) is 12.4 Å². The van der Waals surface area contributed by atoms with Crippen molar-refractivity contribution in [3.8, 4) is 0 Å². The minimum atomic E-state index is -0.209. The van der Waals surface area contributed by atoms with Crippen LogP contribution < -0.4 is 5.32 Å². The highest BCUT2D eigenvalue weighted by Gasteiger charge is 2.12. The van der Waals surface area contributed by atoms with Gasteiger partial charge in [-0.05, 0) is 37.5 Å². The molecule has 4 heteroatoms. The van der Waals surface area contributed by atoms with Crippen LogP contribution in [0.5, 0.6) is 0 Å². The number of aryl methyl sites for hydroxylation is 2. The molecule has 0 bridgehead atoms. The van der Waals surface area contributed by atoms with E-state index in [1.807, 2.05) is 13.0 Å². The third-order valence-electron chi connectivity index (χ3n) is 3.17. The maximum absolute atomic E-state index is 12.0. The van der Waals surface area contributed by atoms with E-state index in [9.17, 15) is 4.79 Å². The van der Waals surface area contributed by atoms with E-state index in [-0.39, 0.29) is 11.9 Å². The zero-order valence-electron chi connectivity index (χ0n) is 11.3. The number of hydrogen-bond donors (Lipinski definition) is 1. The second kappa shape index (κ2) is 5.61. The number of benzene rings is 1. The van der Waals surface area contributed by atoms with Crippen LogP contribution in [0.4, 0.5) is 0 Å². The summed E-state index contributed by atoms with van der Waals surface area (Å²) in [5.41, 5.74) is 3.88. The number of amides is 1. The summed E-state index contributed by atoms with van der Waals surface area (Å²) in [5.74, 6) is -0.209. The van der Waals surface area contributed by atoms with Crippen LogP contribution in [0.25, 0.3) is 0 Å². The summed E-state index contributed by atoms with van der Waals surface area (Å²) in [5, 5.41) is 2.92. The summed E-state index contributed by atoms with van der Waals surface area (Å²) in [6.07, 6.45) is 4.52. The molecule has 0 saturated carbocycles. The predicted octanol–water partition coefficient (Wildman–Crippen LogP) is 2.58. The van der Waals surface area contributed by atoms with E-state index in [2.05, 4.69) is 41.3 Å². The Balaban J connectivity index is 2.10. The van der Waals surface area contributed by atoms with Crippen molar-refractivity contribution in [2.45, 2.75) is 26.8 Å². The normalized spacial score (nSPS) is 11.9. The van der Waals surface area contributed by atoms with Gasteiger partial charge in [0.1, 0.15) is 5.69 Å². The molecule has 0 fully saturated rings. The molecule has 1 N–H and O–H groups in total. The molecule has 4 nitrogen and oxygen atoms in total. The molecule has 0 aliphatic carbocycles. The van der Waals surface area contributed by atoms with E-state index in [0.29, 0.717) is 5.69 Å². The van der Waals surface area contributed by atoms with Gasteiger partial charge in [-0.1, -0.05) is 18.2 Å². The van der Waals surface area contributed by atoms with Crippen molar-refractivity contribution in [1.29, 1.82) is 0 Å². The van der Waals surface area contributed by atoms with Gasteiger partial charge >= 0.3 is 0 Å². The van der Waals surface area contributed by atoms with E-state index in [0.717, 1.165) is 5.56 Å². The minimum Gasteiger partial charge on any atom is -0.344 e. The van der Waals surface area contributed by atoms with Gasteiger partial charge in [0.05, 0.1) is 12.2 Å². The summed E-state index contributed by atoms with van der Waals surface area (Å²) < 4.78 is 0. The molecule has 1 aromatic carbocycles. The van der Waals surface area contributed by atoms with Gasteiger partial charge in [0.25, 0.3) is 5.91 Å². The number of rotatable bonds is 3. The van der Waals surface area contributed by atoms with Crippen molar-refractivity contribution in [1.82, 2.24) is 15.3 Å². The van der Waals surface area contributed by atoms with Gasteiger partial charge in [-0.3, -0.25) is 9.78 Å². The standard InChI is InChI=1S/C15H17N3O/c1-10-4-5-13(8-11(10)2)12(3)18-15(19)14-9-16-6-7-17-14/h4-9,12H,1-3H3,(H,18,19)/t12-/m1/s1. The third-order valence-corrected chi connectivity index (χ3v) is 3.17. The lowest BCUT2D eigenvalue weighted by molar-refractivity contribution is 0.0934. The fraction of sp³-hybridized carbons (Fsp3) is 0.267. The SMILES string of the molecule is Cc1ccc([C@@H](C)NC(=O)c2cnccn2)cc1C. The summed E-state index contributed by atoms with van der Waals surface area (Å²) >= 11 is 0. The molecule has 2 aromatic rings. The van der Waals surface area contributed by atoms with Crippen LogP contribution in [-0.4, -0.2) is 15.9 Å². The van der Waals surface area contributed by atoms with E-state index >= 15 is 0 Å². The van der Waals surface area contributed by atoms with Crippen LogP contribution in [0.2, 0.25) is 0 Å². The summed E-state index contributed by atoms with van der Waals surface area (Å²) in [6, 6.07) is 6.13. The molecule has 1 aromatic heterocycles. The molecule has 0 saturated heterocycles. The Hall–Kier alpha value is -2.23. The smallest absolute Gasteiger partial charge is 0.271 e. The largest absolute Gasteiger partial charge is 0.344 e. The van der Waals surface area contributed by atoms with Crippen molar-refractivity contribution in [2.75, 3.05) is 0 Å². The molecule has 1 amide bonds. The van der Waals surface area contributed by atoms with Crippen molar-refractivity contribution in [3.63, 3.8) is 0 Å². The third kappa shape index (κ3) is 3.16. The van der Waals surface area contributed by atoms with E-state index in [1.54, 1.807) is 6.20 Å². The van der Waals surface area contributed by atoms with E-state index < -0.39 is 0 Å². The molecule has 0 aliphatic heterocycles. The van der Waals surface area contributed by atoms with Crippen molar-refractivity contribution < 1.29 is 4.79 Å². The number of hydrogen-bond acceptors (Lipinski definition) is 3. The highest BCUT2D eigenvalue weighted by atomic mass is 16.1. The number of nitrogens with zero attached hydrogens (tertiary/aromatic N) is 2. The topological polar surface area (TPSA) is 54.9 Å². The Morgan fingerprint density at radius 3 is 2.63 bits per heavy atom. The number of carbonyl (C=O) groups is 1. The summed E-state index contributed by atoms with van der Waals surface area (Å²) in [4.78, 5) is 19.8. The first-order valence-electron chi connectivity index (χ1n) is 6.22. The fourth-order valence-electron chi connectivity index (χ4n) is 1.80. The first-order valence-corrected chi connectivity index (χ1v) is 6.22. The summed E-state index contributed by atoms with van der Waals surface area (Å²) in [7, 11) is 0. The number of aromatic nitrogens is 2. The quantitative estimate of drug-likeness (QED) is 0.917. The number of carbonyl (C=O) groups excluding carboxylic acids is 1. The molecular formula is C15H17N3O. The lowest BCUT2D eigenvalue weighted by Gasteiger charge is -2.15. The minimum absolute atomic E-state index is 0.0613. The molecule has 0 spiro atoms. The number of nitrogens with one attached hydrogen (secondary N) is 1. The predicted molar refractivity (Wildman–Crippen MR) is 73.8 cm³/mol. The van der Waals surface area contributed by atoms with Crippen LogP contribution in [0.1, 0.15) is 40.1 Å². The van der Waals surface area contributed by atoms with Crippen LogP contribution in [-0.2, 0) is 0 Å². The Bertz CT molecular complexity index is 581. The highest BCUT2D eigenvalue weighted by Crippen LogP contribution is 2.16. The zero-order chi connectivity index (χ0) is 13.8. The molecule has 0 radical (unpaired) electrons. The molecule has 98 valence electrons. The molecule has 19 heavy (non-hydrogen) atoms. The Morgan fingerprint density at radius 1 is 1.21 bits per heavy atom. The second-order valence-corrected chi connectivity index (χ2v) is 4.63. The van der Waals surface area contributed by atoms with E-state index in [4.69, 9.17) is 0 Å². The van der Waals surface area contributed by atoms with Gasteiger partial charge in [-0.15, -0.1) is 0 Å². The first kappa shape index (κ1) is 13.2. The average molecular weight is 255 g/mol. The van der Waals surface area contributed by atoms with Crippen molar-refractivity contribution >= 4 is 5.91 Å². The highest BCUT2D eigenvalue weighted by molar-refractivity contribution is 5.92. The Labute approximate surface area is 112 Å². The fourth-order valence-corrected chi connectivity index (χ4v) is 1.80. The molecular weight excluding hydrogens is 238 g/mol. The van der Waals surface area contributed by atoms with Gasteiger partial charge in [-0.2, -0.15) is 0 Å². The van der Waals surface area contributed by atoms with Gasteiger partial charge < -0.3 is 5.32 Å². The van der Waals surface area contributed by atoms with E-state index in [1.165, 1.54) is 23.5 Å². The van der Waals surface area contributed by atoms with Crippen molar-refractivity contribution in [3.05, 3.63) is 59.2 Å². The maximum atomic E-state index is 12.0. The Kier molecular flexibility index (Phi) is 3.90. The van der Waals surface area contributed by atoms with Gasteiger partial charge in [0.2, 0.25) is 0 Å².